The van der Waals surface area contributed by atoms with Crippen molar-refractivity contribution in [2.75, 3.05) is 18.0 Å². The number of hydrogen-bond donors (Lipinski definition) is 1. The van der Waals surface area contributed by atoms with Crippen molar-refractivity contribution >= 4 is 51.9 Å². The number of rotatable bonds is 3. The van der Waals surface area contributed by atoms with Gasteiger partial charge in [0.15, 0.2) is 5.17 Å². The van der Waals surface area contributed by atoms with Gasteiger partial charge in [-0.25, -0.2) is 9.38 Å². The van der Waals surface area contributed by atoms with Crippen molar-refractivity contribution in [1.82, 2.24) is 5.32 Å². The maximum Gasteiger partial charge on any atom is 0.264 e. The van der Waals surface area contributed by atoms with E-state index >= 15 is 0 Å². The van der Waals surface area contributed by atoms with Gasteiger partial charge in [0.05, 0.1) is 16.3 Å². The van der Waals surface area contributed by atoms with Crippen molar-refractivity contribution in [3.05, 3.63) is 63.3 Å². The molecule has 2 aromatic rings. The molecule has 7 heteroatoms. The number of carbonyl (C=O) groups is 1. The van der Waals surface area contributed by atoms with Crippen LogP contribution in [0.5, 0.6) is 0 Å². The molecule has 2 aromatic carbocycles. The standard InChI is InChI=1S/C21H19ClFN3OS/c1-13-10-18(26-8-2-3-9-26)17(23)11-14(13)12-19-20(27)25-21(28-19)24-16-6-4-15(22)5-7-16/h4-7,10-12H,2-3,8-9H2,1H3,(H,24,25,27)/b19-12-. The van der Waals surface area contributed by atoms with E-state index in [1.165, 1.54) is 17.8 Å². The predicted molar refractivity (Wildman–Crippen MR) is 115 cm³/mol. The van der Waals surface area contributed by atoms with Crippen molar-refractivity contribution < 1.29 is 9.18 Å². The van der Waals surface area contributed by atoms with E-state index in [2.05, 4.69) is 15.2 Å². The summed E-state index contributed by atoms with van der Waals surface area (Å²) in [6.07, 6.45) is 3.91. The van der Waals surface area contributed by atoms with Gasteiger partial charge in [0.1, 0.15) is 5.82 Å². The first-order valence-corrected chi connectivity index (χ1v) is 10.3. The van der Waals surface area contributed by atoms with Gasteiger partial charge in [-0.05, 0) is 85.1 Å². The highest BCUT2D eigenvalue weighted by Crippen LogP contribution is 2.32. The molecule has 2 aliphatic rings. The van der Waals surface area contributed by atoms with Crippen LogP contribution >= 0.6 is 23.4 Å². The lowest BCUT2D eigenvalue weighted by molar-refractivity contribution is -0.115. The molecule has 2 aliphatic heterocycles. The number of nitrogens with zero attached hydrogens (tertiary/aromatic N) is 2. The second-order valence-electron chi connectivity index (χ2n) is 6.81. The Morgan fingerprint density at radius 2 is 1.93 bits per heavy atom. The number of nitrogens with one attached hydrogen (secondary N) is 1. The van der Waals surface area contributed by atoms with Crippen molar-refractivity contribution in [3.8, 4) is 0 Å². The van der Waals surface area contributed by atoms with Crippen LogP contribution in [0.3, 0.4) is 0 Å². The number of aryl methyl sites for hydroxylation is 1. The summed E-state index contributed by atoms with van der Waals surface area (Å²) in [5, 5.41) is 3.87. The van der Waals surface area contributed by atoms with Crippen LogP contribution in [0.25, 0.3) is 6.08 Å². The van der Waals surface area contributed by atoms with E-state index in [1.54, 1.807) is 30.3 Å². The molecule has 4 rings (SSSR count). The van der Waals surface area contributed by atoms with Crippen LogP contribution in [0.1, 0.15) is 24.0 Å². The maximum absolute atomic E-state index is 14.6. The number of thioether (sulfide) groups is 1. The van der Waals surface area contributed by atoms with Crippen LogP contribution < -0.4 is 10.2 Å². The third-order valence-electron chi connectivity index (χ3n) is 4.78. The van der Waals surface area contributed by atoms with Crippen molar-refractivity contribution in [3.63, 3.8) is 0 Å². The van der Waals surface area contributed by atoms with Crippen LogP contribution in [0.2, 0.25) is 5.02 Å². The lowest BCUT2D eigenvalue weighted by Crippen LogP contribution is -2.19. The van der Waals surface area contributed by atoms with Crippen LogP contribution in [0.4, 0.5) is 15.8 Å². The molecule has 0 unspecified atom stereocenters. The Bertz CT molecular complexity index is 982. The largest absolute Gasteiger partial charge is 0.369 e. The van der Waals surface area contributed by atoms with Crippen molar-refractivity contribution in [1.29, 1.82) is 0 Å². The summed E-state index contributed by atoms with van der Waals surface area (Å²) in [6.45, 7) is 3.71. The summed E-state index contributed by atoms with van der Waals surface area (Å²) in [7, 11) is 0. The van der Waals surface area contributed by atoms with Crippen LogP contribution in [0.15, 0.2) is 46.3 Å². The molecule has 0 atom stereocenters. The van der Waals surface area contributed by atoms with Crippen molar-refractivity contribution in [2.45, 2.75) is 19.8 Å². The minimum absolute atomic E-state index is 0.235. The molecule has 0 radical (unpaired) electrons. The number of anilines is 1. The van der Waals surface area contributed by atoms with E-state index in [0.717, 1.165) is 31.5 Å². The molecule has 0 saturated carbocycles. The Hall–Kier alpha value is -2.31. The summed E-state index contributed by atoms with van der Waals surface area (Å²) >= 11 is 7.12. The number of aliphatic imine (C=N–C) groups is 1. The highest BCUT2D eigenvalue weighted by Gasteiger charge is 2.24. The van der Waals surface area contributed by atoms with E-state index in [9.17, 15) is 9.18 Å². The van der Waals surface area contributed by atoms with Gasteiger partial charge >= 0.3 is 0 Å². The fourth-order valence-electron chi connectivity index (χ4n) is 3.29. The first kappa shape index (κ1) is 19.0. The molecule has 0 aliphatic carbocycles. The summed E-state index contributed by atoms with van der Waals surface area (Å²) in [6, 6.07) is 10.4. The molecule has 2 fully saturated rings. The topological polar surface area (TPSA) is 44.7 Å². The van der Waals surface area contributed by atoms with Gasteiger partial charge in [0, 0.05) is 18.1 Å². The van der Waals surface area contributed by atoms with Crippen LogP contribution in [0, 0.1) is 12.7 Å². The molecule has 1 N–H and O–H groups in total. The normalized spacial score (nSPS) is 19.7. The molecule has 0 spiro atoms. The molecule has 4 nitrogen and oxygen atoms in total. The second kappa shape index (κ2) is 7.97. The van der Waals surface area contributed by atoms with Gasteiger partial charge in [0.2, 0.25) is 0 Å². The number of halogens is 2. The number of amides is 1. The Balaban J connectivity index is 1.57. The first-order valence-electron chi connectivity index (χ1n) is 9.10. The quantitative estimate of drug-likeness (QED) is 0.693. The second-order valence-corrected chi connectivity index (χ2v) is 8.28. The van der Waals surface area contributed by atoms with E-state index in [1.807, 2.05) is 13.0 Å². The lowest BCUT2D eigenvalue weighted by atomic mass is 10.1. The predicted octanol–water partition coefficient (Wildman–Crippen LogP) is 5.28. The average Bonchev–Trinajstić information content (AvgIpc) is 3.30. The van der Waals surface area contributed by atoms with E-state index in [4.69, 9.17) is 11.6 Å². The summed E-state index contributed by atoms with van der Waals surface area (Å²) in [4.78, 5) is 19.3. The fraction of sp³-hybridized carbons (Fsp3) is 0.238. The number of amidine groups is 1. The Kier molecular flexibility index (Phi) is 5.42. The number of carbonyl (C=O) groups excluding carboxylic acids is 1. The molecule has 2 heterocycles. The van der Waals surface area contributed by atoms with Gasteiger partial charge in [0.25, 0.3) is 5.91 Å². The maximum atomic E-state index is 14.6. The minimum Gasteiger partial charge on any atom is -0.369 e. The Morgan fingerprint density at radius 1 is 1.21 bits per heavy atom. The summed E-state index contributed by atoms with van der Waals surface area (Å²) in [5.74, 6) is -0.487. The highest BCUT2D eigenvalue weighted by molar-refractivity contribution is 8.18. The Labute approximate surface area is 172 Å². The van der Waals surface area contributed by atoms with E-state index in [-0.39, 0.29) is 11.7 Å². The SMILES string of the molecule is Cc1cc(N2CCCC2)c(F)cc1/C=C1\SC(=Nc2ccc(Cl)cc2)NC1=O. The zero-order valence-electron chi connectivity index (χ0n) is 15.3. The van der Waals surface area contributed by atoms with Gasteiger partial charge in [-0.2, -0.15) is 0 Å². The first-order chi connectivity index (χ1) is 13.5. The average molecular weight is 416 g/mol. The number of hydrogen-bond acceptors (Lipinski definition) is 4. The molecule has 144 valence electrons. The Morgan fingerprint density at radius 3 is 2.64 bits per heavy atom. The molecular formula is C21H19ClFN3OS. The van der Waals surface area contributed by atoms with Crippen molar-refractivity contribution in [2.24, 2.45) is 4.99 Å². The minimum atomic E-state index is -0.252. The lowest BCUT2D eigenvalue weighted by Gasteiger charge is -2.19. The van der Waals surface area contributed by atoms with Gasteiger partial charge in [-0.15, -0.1) is 0 Å². The number of benzene rings is 2. The smallest absolute Gasteiger partial charge is 0.264 e. The van der Waals surface area contributed by atoms with Gasteiger partial charge in [-0.1, -0.05) is 11.6 Å². The zero-order valence-corrected chi connectivity index (χ0v) is 16.9. The van der Waals surface area contributed by atoms with Crippen LogP contribution in [-0.4, -0.2) is 24.2 Å². The molecule has 28 heavy (non-hydrogen) atoms. The molecule has 0 aromatic heterocycles. The highest BCUT2D eigenvalue weighted by atomic mass is 35.5. The van der Waals surface area contributed by atoms with E-state index < -0.39 is 0 Å². The molecule has 2 saturated heterocycles. The summed E-state index contributed by atoms with van der Waals surface area (Å²) in [5.41, 5.74) is 2.98. The molecular weight excluding hydrogens is 397 g/mol. The molecule has 0 bridgehead atoms. The third-order valence-corrected chi connectivity index (χ3v) is 5.94. The van der Waals surface area contributed by atoms with E-state index in [0.29, 0.717) is 32.0 Å². The van der Waals surface area contributed by atoms with Crippen LogP contribution in [-0.2, 0) is 4.79 Å². The van der Waals surface area contributed by atoms with Gasteiger partial charge in [-0.3, -0.25) is 4.79 Å². The fourth-order valence-corrected chi connectivity index (χ4v) is 4.25. The monoisotopic (exact) mass is 415 g/mol. The third kappa shape index (κ3) is 4.08. The van der Waals surface area contributed by atoms with Gasteiger partial charge < -0.3 is 10.2 Å². The molecule has 1 amide bonds. The zero-order chi connectivity index (χ0) is 19.7. The summed E-state index contributed by atoms with van der Waals surface area (Å²) < 4.78 is 14.6.